The first-order valence-corrected chi connectivity index (χ1v) is 7.89. The van der Waals surface area contributed by atoms with Crippen LogP contribution in [0.1, 0.15) is 32.3 Å². The summed E-state index contributed by atoms with van der Waals surface area (Å²) in [5.41, 5.74) is 0.435. The van der Waals surface area contributed by atoms with Crippen molar-refractivity contribution in [3.63, 3.8) is 0 Å². The zero-order chi connectivity index (χ0) is 16.6. The van der Waals surface area contributed by atoms with Gasteiger partial charge >= 0.3 is 6.09 Å². The predicted molar refractivity (Wildman–Crippen MR) is 82.0 cm³/mol. The molecule has 0 spiro atoms. The molecule has 0 N–H and O–H groups in total. The molecule has 2 fully saturated rings. The van der Waals surface area contributed by atoms with E-state index in [2.05, 4.69) is 0 Å². The minimum atomic E-state index is -1.11. The molecule has 6 heteroatoms. The second kappa shape index (κ2) is 5.68. The lowest BCUT2D eigenvalue weighted by Crippen LogP contribution is -2.65. The molecule has 3 amide bonds. The molecular weight excluding hydrogens is 296 g/mol. The van der Waals surface area contributed by atoms with Gasteiger partial charge in [-0.1, -0.05) is 44.2 Å². The minimum absolute atomic E-state index is 0.102. The standard InChI is InChI=1S/C17H20N2O4/c1-3-17(4-2)11-19(15(17)21)14-13(20)18(16(22)23-14)10-12-8-6-5-7-9-12/h5-9,14H,3-4,10-11H2,1-2H3/t14-/m0/s1. The summed E-state index contributed by atoms with van der Waals surface area (Å²) in [6.45, 7) is 4.54. The normalized spacial score (nSPS) is 23.0. The van der Waals surface area contributed by atoms with Gasteiger partial charge in [-0.3, -0.25) is 14.5 Å². The molecule has 3 rings (SSSR count). The van der Waals surface area contributed by atoms with Crippen LogP contribution in [0.2, 0.25) is 0 Å². The lowest BCUT2D eigenvalue weighted by Gasteiger charge is -2.49. The highest BCUT2D eigenvalue weighted by Crippen LogP contribution is 2.41. The van der Waals surface area contributed by atoms with Crippen molar-refractivity contribution in [2.45, 2.75) is 39.5 Å². The highest BCUT2D eigenvalue weighted by molar-refractivity contribution is 6.03. The Hall–Kier alpha value is -2.37. The number of nitrogens with zero attached hydrogens (tertiary/aromatic N) is 2. The molecule has 0 radical (unpaired) electrons. The molecule has 0 unspecified atom stereocenters. The molecule has 1 aromatic rings. The maximum Gasteiger partial charge on any atom is 0.419 e. The van der Waals surface area contributed by atoms with E-state index in [4.69, 9.17) is 4.74 Å². The Morgan fingerprint density at radius 3 is 2.35 bits per heavy atom. The average molecular weight is 316 g/mol. The van der Waals surface area contributed by atoms with Gasteiger partial charge in [0.15, 0.2) is 0 Å². The van der Waals surface area contributed by atoms with Crippen LogP contribution in [-0.4, -0.2) is 40.5 Å². The summed E-state index contributed by atoms with van der Waals surface area (Å²) >= 11 is 0. The van der Waals surface area contributed by atoms with Gasteiger partial charge in [-0.15, -0.1) is 0 Å². The summed E-state index contributed by atoms with van der Waals surface area (Å²) in [4.78, 5) is 39.3. The molecule has 0 bridgehead atoms. The van der Waals surface area contributed by atoms with Gasteiger partial charge in [0.25, 0.3) is 12.1 Å². The van der Waals surface area contributed by atoms with Crippen molar-refractivity contribution in [1.29, 1.82) is 0 Å². The Morgan fingerprint density at radius 2 is 1.78 bits per heavy atom. The first-order chi connectivity index (χ1) is 11.0. The zero-order valence-corrected chi connectivity index (χ0v) is 13.3. The zero-order valence-electron chi connectivity index (χ0n) is 13.3. The van der Waals surface area contributed by atoms with Crippen LogP contribution in [-0.2, 0) is 20.9 Å². The maximum atomic E-state index is 12.5. The summed E-state index contributed by atoms with van der Waals surface area (Å²) in [6, 6.07) is 9.22. The quantitative estimate of drug-likeness (QED) is 0.781. The summed E-state index contributed by atoms with van der Waals surface area (Å²) in [6.07, 6.45) is -0.352. The Balaban J connectivity index is 1.72. The number of hydrogen-bond donors (Lipinski definition) is 0. The van der Waals surface area contributed by atoms with Gasteiger partial charge in [-0.05, 0) is 18.4 Å². The maximum absolute atomic E-state index is 12.5. The molecule has 0 aromatic heterocycles. The Morgan fingerprint density at radius 1 is 1.13 bits per heavy atom. The fourth-order valence-electron chi connectivity index (χ4n) is 3.18. The number of cyclic esters (lactones) is 1. The molecule has 122 valence electrons. The van der Waals surface area contributed by atoms with Crippen LogP contribution >= 0.6 is 0 Å². The molecule has 0 aliphatic carbocycles. The molecule has 23 heavy (non-hydrogen) atoms. The van der Waals surface area contributed by atoms with Crippen molar-refractivity contribution in [2.75, 3.05) is 6.54 Å². The van der Waals surface area contributed by atoms with E-state index >= 15 is 0 Å². The van der Waals surface area contributed by atoms with Crippen molar-refractivity contribution in [3.8, 4) is 0 Å². The number of imide groups is 1. The van der Waals surface area contributed by atoms with E-state index in [-0.39, 0.29) is 12.5 Å². The van der Waals surface area contributed by atoms with Crippen LogP contribution in [0.15, 0.2) is 30.3 Å². The van der Waals surface area contributed by atoms with E-state index in [1.54, 1.807) is 0 Å². The van der Waals surface area contributed by atoms with Crippen LogP contribution in [0.4, 0.5) is 4.79 Å². The third-order valence-electron chi connectivity index (χ3n) is 4.92. The molecule has 2 aliphatic rings. The van der Waals surface area contributed by atoms with Crippen molar-refractivity contribution < 1.29 is 19.1 Å². The average Bonchev–Trinajstić information content (AvgIpc) is 2.84. The summed E-state index contributed by atoms with van der Waals surface area (Å²) in [5, 5.41) is 0. The van der Waals surface area contributed by atoms with Crippen LogP contribution in [0.5, 0.6) is 0 Å². The number of ether oxygens (including phenoxy) is 1. The Bertz CT molecular complexity index is 639. The number of amides is 3. The molecule has 2 heterocycles. The second-order valence-corrected chi connectivity index (χ2v) is 6.07. The number of hydrogen-bond acceptors (Lipinski definition) is 4. The van der Waals surface area contributed by atoms with E-state index in [1.165, 1.54) is 4.90 Å². The van der Waals surface area contributed by atoms with Gasteiger partial charge in [0.2, 0.25) is 5.91 Å². The number of likely N-dealkylation sites (tertiary alicyclic amines) is 1. The van der Waals surface area contributed by atoms with Crippen molar-refractivity contribution in [3.05, 3.63) is 35.9 Å². The molecule has 6 nitrogen and oxygen atoms in total. The van der Waals surface area contributed by atoms with Gasteiger partial charge in [0, 0.05) is 6.54 Å². The van der Waals surface area contributed by atoms with Gasteiger partial charge in [-0.25, -0.2) is 9.69 Å². The largest absolute Gasteiger partial charge is 0.419 e. The van der Waals surface area contributed by atoms with Gasteiger partial charge < -0.3 is 4.74 Å². The minimum Gasteiger partial charge on any atom is -0.415 e. The van der Waals surface area contributed by atoms with Crippen LogP contribution < -0.4 is 0 Å². The summed E-state index contributed by atoms with van der Waals surface area (Å²) < 4.78 is 5.16. The van der Waals surface area contributed by atoms with Gasteiger partial charge in [0.1, 0.15) is 0 Å². The number of benzene rings is 1. The van der Waals surface area contributed by atoms with Crippen molar-refractivity contribution in [2.24, 2.45) is 5.41 Å². The van der Waals surface area contributed by atoms with E-state index < -0.39 is 23.6 Å². The van der Waals surface area contributed by atoms with E-state index in [0.717, 1.165) is 23.3 Å². The molecule has 2 aliphatic heterocycles. The molecular formula is C17H20N2O4. The van der Waals surface area contributed by atoms with Crippen LogP contribution in [0.3, 0.4) is 0 Å². The number of rotatable bonds is 5. The number of β-lactam (4-membered cyclic amide) rings is 1. The summed E-state index contributed by atoms with van der Waals surface area (Å²) in [5.74, 6) is -0.566. The van der Waals surface area contributed by atoms with E-state index in [1.807, 2.05) is 44.2 Å². The van der Waals surface area contributed by atoms with Gasteiger partial charge in [0.05, 0.1) is 12.0 Å². The van der Waals surface area contributed by atoms with E-state index in [9.17, 15) is 14.4 Å². The Labute approximate surface area is 135 Å². The first kappa shape index (κ1) is 15.5. The number of carbonyl (C=O) groups excluding carboxylic acids is 3. The third kappa shape index (κ3) is 2.38. The monoisotopic (exact) mass is 316 g/mol. The first-order valence-electron chi connectivity index (χ1n) is 7.89. The molecule has 0 saturated carbocycles. The highest BCUT2D eigenvalue weighted by Gasteiger charge is 2.57. The second-order valence-electron chi connectivity index (χ2n) is 6.07. The number of carbonyl (C=O) groups is 3. The molecule has 2 saturated heterocycles. The van der Waals surface area contributed by atoms with Crippen molar-refractivity contribution in [1.82, 2.24) is 9.80 Å². The smallest absolute Gasteiger partial charge is 0.415 e. The SMILES string of the molecule is CCC1(CC)CN([C@H]2OC(=O)N(Cc3ccccc3)C2=O)C1=O. The fourth-order valence-corrected chi connectivity index (χ4v) is 3.18. The highest BCUT2D eigenvalue weighted by atomic mass is 16.6. The van der Waals surface area contributed by atoms with Crippen molar-refractivity contribution >= 4 is 17.9 Å². The lowest BCUT2D eigenvalue weighted by molar-refractivity contribution is -0.179. The fraction of sp³-hybridized carbons (Fsp3) is 0.471. The van der Waals surface area contributed by atoms with Crippen LogP contribution in [0, 0.1) is 5.41 Å². The van der Waals surface area contributed by atoms with Crippen LogP contribution in [0.25, 0.3) is 0 Å². The third-order valence-corrected chi connectivity index (χ3v) is 4.92. The van der Waals surface area contributed by atoms with Gasteiger partial charge in [-0.2, -0.15) is 0 Å². The lowest BCUT2D eigenvalue weighted by atomic mass is 9.74. The summed E-state index contributed by atoms with van der Waals surface area (Å²) in [7, 11) is 0. The molecule has 1 aromatic carbocycles. The molecule has 1 atom stereocenters. The topological polar surface area (TPSA) is 66.9 Å². The van der Waals surface area contributed by atoms with E-state index in [0.29, 0.717) is 6.54 Å². The predicted octanol–water partition coefficient (Wildman–Crippen LogP) is 2.14. The Kier molecular flexibility index (Phi) is 3.83.